The summed E-state index contributed by atoms with van der Waals surface area (Å²) in [6.07, 6.45) is -3.56. The van der Waals surface area contributed by atoms with Crippen molar-refractivity contribution in [2.45, 2.75) is 25.7 Å². The molecule has 0 bridgehead atoms. The van der Waals surface area contributed by atoms with Crippen molar-refractivity contribution in [3.63, 3.8) is 0 Å². The maximum absolute atomic E-state index is 12.1. The zero-order valence-corrected chi connectivity index (χ0v) is 6.99. The molecule has 1 fully saturated rings. The first kappa shape index (κ1) is 9.80. The lowest BCUT2D eigenvalue weighted by molar-refractivity contribution is -0.238. The highest BCUT2D eigenvalue weighted by Crippen LogP contribution is 2.25. The molecule has 72 valence electrons. The van der Waals surface area contributed by atoms with Crippen LogP contribution in [-0.2, 0) is 0 Å². The van der Waals surface area contributed by atoms with E-state index in [-0.39, 0.29) is 19.1 Å². The average Bonchev–Trinajstić information content (AvgIpc) is 2.35. The van der Waals surface area contributed by atoms with Gasteiger partial charge in [-0.05, 0) is 13.0 Å². The van der Waals surface area contributed by atoms with Crippen molar-refractivity contribution in [3.05, 3.63) is 0 Å². The van der Waals surface area contributed by atoms with Crippen molar-refractivity contribution in [2.75, 3.05) is 19.6 Å². The van der Waals surface area contributed by atoms with Crippen LogP contribution >= 0.6 is 0 Å². The fourth-order valence-electron chi connectivity index (χ4n) is 1.45. The molecular weight excluding hydrogens is 169 g/mol. The monoisotopic (exact) mass is 182 g/mol. The van der Waals surface area contributed by atoms with Crippen molar-refractivity contribution in [3.8, 4) is 0 Å². The van der Waals surface area contributed by atoms with E-state index in [4.69, 9.17) is 0 Å². The van der Waals surface area contributed by atoms with Gasteiger partial charge in [-0.2, -0.15) is 13.2 Å². The Morgan fingerprint density at radius 2 is 2.17 bits per heavy atom. The zero-order chi connectivity index (χ0) is 9.19. The van der Waals surface area contributed by atoms with Crippen LogP contribution in [-0.4, -0.2) is 36.9 Å². The van der Waals surface area contributed by atoms with Gasteiger partial charge in [-0.25, -0.2) is 4.90 Å². The van der Waals surface area contributed by atoms with Crippen LogP contribution in [0.4, 0.5) is 13.2 Å². The molecule has 1 saturated heterocycles. The van der Waals surface area contributed by atoms with Gasteiger partial charge in [0.2, 0.25) is 0 Å². The predicted octanol–water partition coefficient (Wildman–Crippen LogP) is 1.19. The van der Waals surface area contributed by atoms with E-state index in [1.54, 1.807) is 0 Å². The molecule has 2 nitrogen and oxygen atoms in total. The molecule has 0 aromatic rings. The summed E-state index contributed by atoms with van der Waals surface area (Å²) < 4.78 is 36.2. The van der Waals surface area contributed by atoms with Crippen molar-refractivity contribution in [1.29, 1.82) is 0 Å². The second-order valence-electron chi connectivity index (χ2n) is 2.96. The Balaban J connectivity index is 2.35. The number of nitrogens with zero attached hydrogens (tertiary/aromatic N) is 1. The van der Waals surface area contributed by atoms with Gasteiger partial charge in [0.1, 0.15) is 0 Å². The predicted molar refractivity (Wildman–Crippen MR) is 39.7 cm³/mol. The highest BCUT2D eigenvalue weighted by molar-refractivity contribution is 4.81. The largest absolute Gasteiger partial charge is 0.459 e. The van der Waals surface area contributed by atoms with E-state index in [2.05, 4.69) is 5.32 Å². The number of hydrogen-bond acceptors (Lipinski definition) is 2. The van der Waals surface area contributed by atoms with Crippen molar-refractivity contribution < 1.29 is 13.2 Å². The second kappa shape index (κ2) is 3.62. The topological polar surface area (TPSA) is 15.3 Å². The number of likely N-dealkylation sites (tertiary alicyclic amines) is 1. The first-order valence-electron chi connectivity index (χ1n) is 4.09. The average molecular weight is 182 g/mol. The van der Waals surface area contributed by atoms with Crippen molar-refractivity contribution in [1.82, 2.24) is 10.2 Å². The van der Waals surface area contributed by atoms with Crippen LogP contribution in [0.1, 0.15) is 13.3 Å². The van der Waals surface area contributed by atoms with Crippen molar-refractivity contribution in [2.24, 2.45) is 0 Å². The Bertz CT molecular complexity index is 146. The van der Waals surface area contributed by atoms with Crippen LogP contribution in [0.15, 0.2) is 0 Å². The maximum atomic E-state index is 12.1. The lowest BCUT2D eigenvalue weighted by atomic mass is 10.3. The van der Waals surface area contributed by atoms with E-state index in [0.29, 0.717) is 11.3 Å². The molecule has 1 aliphatic rings. The summed E-state index contributed by atoms with van der Waals surface area (Å²) in [7, 11) is 0. The lowest BCUT2D eigenvalue weighted by Crippen LogP contribution is -2.39. The van der Waals surface area contributed by atoms with E-state index >= 15 is 0 Å². The molecule has 0 unspecified atom stereocenters. The molecule has 0 aromatic heterocycles. The SMILES string of the molecule is CCN[C@H]1CCN(C(F)(F)F)C1. The minimum Gasteiger partial charge on any atom is -0.313 e. The second-order valence-corrected chi connectivity index (χ2v) is 2.96. The fourth-order valence-corrected chi connectivity index (χ4v) is 1.45. The summed E-state index contributed by atoms with van der Waals surface area (Å²) in [5.74, 6) is 0. The molecule has 0 amide bonds. The fraction of sp³-hybridized carbons (Fsp3) is 1.00. The van der Waals surface area contributed by atoms with Gasteiger partial charge in [0.05, 0.1) is 0 Å². The van der Waals surface area contributed by atoms with E-state index in [1.807, 2.05) is 6.92 Å². The van der Waals surface area contributed by atoms with Gasteiger partial charge in [0.15, 0.2) is 0 Å². The Hall–Kier alpha value is -0.290. The zero-order valence-electron chi connectivity index (χ0n) is 6.99. The molecule has 1 aliphatic heterocycles. The number of alkyl halides is 3. The van der Waals surface area contributed by atoms with Gasteiger partial charge in [0.25, 0.3) is 0 Å². The molecule has 5 heteroatoms. The quantitative estimate of drug-likeness (QED) is 0.645. The minimum atomic E-state index is -4.15. The van der Waals surface area contributed by atoms with Gasteiger partial charge in [-0.15, -0.1) is 0 Å². The van der Waals surface area contributed by atoms with Crippen LogP contribution in [0.2, 0.25) is 0 Å². The van der Waals surface area contributed by atoms with Crippen LogP contribution in [0.25, 0.3) is 0 Å². The molecule has 1 N–H and O–H groups in total. The van der Waals surface area contributed by atoms with Gasteiger partial charge >= 0.3 is 6.30 Å². The summed E-state index contributed by atoms with van der Waals surface area (Å²) in [4.78, 5) is 0.556. The molecule has 0 saturated carbocycles. The summed E-state index contributed by atoms with van der Waals surface area (Å²) in [6.45, 7) is 2.85. The summed E-state index contributed by atoms with van der Waals surface area (Å²) in [5.41, 5.74) is 0. The number of halogens is 3. The van der Waals surface area contributed by atoms with Crippen LogP contribution in [0.3, 0.4) is 0 Å². The van der Waals surface area contributed by atoms with E-state index in [9.17, 15) is 13.2 Å². The van der Waals surface area contributed by atoms with Crippen LogP contribution in [0.5, 0.6) is 0 Å². The van der Waals surface area contributed by atoms with Crippen LogP contribution in [0, 0.1) is 0 Å². The van der Waals surface area contributed by atoms with Gasteiger partial charge in [0, 0.05) is 19.1 Å². The molecule has 1 atom stereocenters. The third-order valence-corrected chi connectivity index (χ3v) is 2.04. The summed E-state index contributed by atoms with van der Waals surface area (Å²) >= 11 is 0. The summed E-state index contributed by atoms with van der Waals surface area (Å²) in [5, 5.41) is 3.00. The maximum Gasteiger partial charge on any atom is 0.459 e. The smallest absolute Gasteiger partial charge is 0.313 e. The molecule has 1 rings (SSSR count). The highest BCUT2D eigenvalue weighted by atomic mass is 19.4. The third kappa shape index (κ3) is 2.35. The van der Waals surface area contributed by atoms with Gasteiger partial charge < -0.3 is 5.32 Å². The van der Waals surface area contributed by atoms with Crippen LogP contribution < -0.4 is 5.32 Å². The molecule has 0 aromatic carbocycles. The number of likely N-dealkylation sites (N-methyl/N-ethyl adjacent to an activating group) is 1. The first-order chi connectivity index (χ1) is 5.54. The van der Waals surface area contributed by atoms with Crippen molar-refractivity contribution >= 4 is 0 Å². The number of rotatable bonds is 2. The number of hydrogen-bond donors (Lipinski definition) is 1. The third-order valence-electron chi connectivity index (χ3n) is 2.04. The Kier molecular flexibility index (Phi) is 2.95. The Morgan fingerprint density at radius 3 is 2.58 bits per heavy atom. The molecule has 0 spiro atoms. The lowest BCUT2D eigenvalue weighted by Gasteiger charge is -2.19. The Morgan fingerprint density at radius 1 is 1.50 bits per heavy atom. The standard InChI is InChI=1S/C7H13F3N2/c1-2-11-6-3-4-12(5-6)7(8,9)10/h6,11H,2-5H2,1H3/t6-/m0/s1. The molecule has 12 heavy (non-hydrogen) atoms. The molecule has 0 aliphatic carbocycles. The van der Waals surface area contributed by atoms with Gasteiger partial charge in [-0.3, -0.25) is 0 Å². The molecule has 0 radical (unpaired) electrons. The molecular formula is C7H13F3N2. The molecule has 1 heterocycles. The highest BCUT2D eigenvalue weighted by Gasteiger charge is 2.41. The van der Waals surface area contributed by atoms with Gasteiger partial charge in [-0.1, -0.05) is 6.92 Å². The summed E-state index contributed by atoms with van der Waals surface area (Å²) in [6, 6.07) is 0.0108. The Labute approximate surface area is 69.7 Å². The number of nitrogens with one attached hydrogen (secondary N) is 1. The first-order valence-corrected chi connectivity index (χ1v) is 4.09. The van der Waals surface area contributed by atoms with E-state index in [0.717, 1.165) is 6.54 Å². The normalized spacial score (nSPS) is 26.5. The minimum absolute atomic E-state index is 0.0108. The van der Waals surface area contributed by atoms with E-state index in [1.165, 1.54) is 0 Å². The van der Waals surface area contributed by atoms with E-state index < -0.39 is 6.30 Å².